The highest BCUT2D eigenvalue weighted by atomic mass is 35.5. The van der Waals surface area contributed by atoms with Crippen LogP contribution in [0.15, 0.2) is 54.6 Å². The van der Waals surface area contributed by atoms with Crippen LogP contribution in [0.1, 0.15) is 28.5 Å². The van der Waals surface area contributed by atoms with Crippen LogP contribution in [0.4, 0.5) is 4.79 Å². The standard InChI is InChI=1S/C26H25ClN2O10/c1-16-21(15-24(30)36-12-4-5-13-37-26(32)38-17(2)39-29(33)34)22-14-20(35-3)10-11-23(22)28(16)25(31)18-6-8-19(27)9-7-18/h4-11,14,17H,12-13,15H2,1-3H3/b5-4-. The normalized spacial score (nSPS) is 11.7. The zero-order chi connectivity index (χ0) is 28.5. The number of nitrogens with zero attached hydrogens (tertiary/aromatic N) is 2. The molecule has 0 aliphatic heterocycles. The van der Waals surface area contributed by atoms with Gasteiger partial charge in [0.2, 0.25) is 6.29 Å². The van der Waals surface area contributed by atoms with Crippen molar-refractivity contribution in [2.45, 2.75) is 26.6 Å². The van der Waals surface area contributed by atoms with E-state index in [0.717, 1.165) is 6.92 Å². The smallest absolute Gasteiger partial charge is 0.497 e. The predicted octanol–water partition coefficient (Wildman–Crippen LogP) is 4.65. The molecular formula is C26H25ClN2O10. The third kappa shape index (κ3) is 7.71. The fourth-order valence-electron chi connectivity index (χ4n) is 3.70. The number of fused-ring (bicyclic) bond motifs is 1. The summed E-state index contributed by atoms with van der Waals surface area (Å²) in [6.45, 7) is 2.57. The van der Waals surface area contributed by atoms with Crippen molar-refractivity contribution in [3.05, 3.63) is 86.6 Å². The highest BCUT2D eigenvalue weighted by Crippen LogP contribution is 2.31. The van der Waals surface area contributed by atoms with E-state index < -0.39 is 23.5 Å². The first-order valence-electron chi connectivity index (χ1n) is 11.5. The third-order valence-corrected chi connectivity index (χ3v) is 5.71. The van der Waals surface area contributed by atoms with Crippen molar-refractivity contribution in [1.29, 1.82) is 0 Å². The Morgan fingerprint density at radius 1 is 1.08 bits per heavy atom. The lowest BCUT2D eigenvalue weighted by Crippen LogP contribution is -2.21. The summed E-state index contributed by atoms with van der Waals surface area (Å²) in [5.74, 6) is -0.261. The minimum absolute atomic E-state index is 0.108. The Balaban J connectivity index is 1.65. The van der Waals surface area contributed by atoms with Gasteiger partial charge in [-0.3, -0.25) is 19.0 Å². The van der Waals surface area contributed by atoms with Gasteiger partial charge >= 0.3 is 12.1 Å². The van der Waals surface area contributed by atoms with Crippen LogP contribution >= 0.6 is 11.6 Å². The minimum Gasteiger partial charge on any atom is -0.497 e. The first-order valence-corrected chi connectivity index (χ1v) is 11.9. The van der Waals surface area contributed by atoms with E-state index in [4.69, 9.17) is 25.8 Å². The summed E-state index contributed by atoms with van der Waals surface area (Å²) in [7, 11) is 1.52. The molecule has 0 bridgehead atoms. The van der Waals surface area contributed by atoms with Gasteiger partial charge < -0.3 is 18.9 Å². The molecule has 39 heavy (non-hydrogen) atoms. The van der Waals surface area contributed by atoms with Crippen LogP contribution in [-0.2, 0) is 30.3 Å². The number of aromatic nitrogens is 1. The molecule has 0 aliphatic rings. The molecular weight excluding hydrogens is 536 g/mol. The molecule has 0 aliphatic carbocycles. The SMILES string of the molecule is COc1ccc2c(c1)c(CC(=O)OC/C=C\COC(=O)OC(C)O[N+](=O)[O-])c(C)n2C(=O)c1ccc(Cl)cc1. The van der Waals surface area contributed by atoms with Gasteiger partial charge in [0.1, 0.15) is 19.0 Å². The summed E-state index contributed by atoms with van der Waals surface area (Å²) in [4.78, 5) is 51.6. The summed E-state index contributed by atoms with van der Waals surface area (Å²) in [5, 5.41) is 10.3. The monoisotopic (exact) mass is 560 g/mol. The number of esters is 1. The lowest BCUT2D eigenvalue weighted by Gasteiger charge is -2.09. The molecule has 3 rings (SSSR count). The Morgan fingerprint density at radius 2 is 1.74 bits per heavy atom. The Kier molecular flexibility index (Phi) is 9.87. The largest absolute Gasteiger partial charge is 0.510 e. The quantitative estimate of drug-likeness (QED) is 0.107. The summed E-state index contributed by atoms with van der Waals surface area (Å²) in [6.07, 6.45) is 0.155. The number of benzene rings is 2. The zero-order valence-corrected chi connectivity index (χ0v) is 22.0. The summed E-state index contributed by atoms with van der Waals surface area (Å²) >= 11 is 5.96. The van der Waals surface area contributed by atoms with Crippen LogP contribution in [0.2, 0.25) is 5.02 Å². The predicted molar refractivity (Wildman–Crippen MR) is 138 cm³/mol. The molecule has 1 atom stereocenters. The Bertz CT molecular complexity index is 1400. The van der Waals surface area contributed by atoms with Crippen LogP contribution in [0.25, 0.3) is 10.9 Å². The van der Waals surface area contributed by atoms with Gasteiger partial charge in [-0.25, -0.2) is 4.79 Å². The van der Waals surface area contributed by atoms with E-state index in [9.17, 15) is 24.5 Å². The Labute approximate surface area is 227 Å². The average molecular weight is 561 g/mol. The van der Waals surface area contributed by atoms with Crippen LogP contribution in [0.3, 0.4) is 0 Å². The van der Waals surface area contributed by atoms with Crippen molar-refractivity contribution in [3.63, 3.8) is 0 Å². The molecule has 0 amide bonds. The van der Waals surface area contributed by atoms with E-state index in [0.29, 0.717) is 38.5 Å². The lowest BCUT2D eigenvalue weighted by atomic mass is 10.1. The first kappa shape index (κ1) is 29.0. The zero-order valence-electron chi connectivity index (χ0n) is 21.2. The number of halogens is 1. The van der Waals surface area contributed by atoms with Gasteiger partial charge in [-0.2, -0.15) is 0 Å². The number of carbonyl (C=O) groups excluding carboxylic acids is 3. The minimum atomic E-state index is -1.42. The van der Waals surface area contributed by atoms with Crippen molar-refractivity contribution in [2.24, 2.45) is 0 Å². The van der Waals surface area contributed by atoms with Gasteiger partial charge in [-0.05, 0) is 74.0 Å². The van der Waals surface area contributed by atoms with E-state index in [1.165, 1.54) is 23.8 Å². The molecule has 0 fully saturated rings. The molecule has 0 saturated carbocycles. The van der Waals surface area contributed by atoms with Crippen molar-refractivity contribution >= 4 is 40.5 Å². The number of ether oxygens (including phenoxy) is 4. The van der Waals surface area contributed by atoms with Crippen molar-refractivity contribution in [1.82, 2.24) is 4.57 Å². The summed E-state index contributed by atoms with van der Waals surface area (Å²) < 4.78 is 21.3. The fraction of sp³-hybridized carbons (Fsp3) is 0.269. The third-order valence-electron chi connectivity index (χ3n) is 5.46. The van der Waals surface area contributed by atoms with Gasteiger partial charge in [0.15, 0.2) is 0 Å². The van der Waals surface area contributed by atoms with Crippen molar-refractivity contribution in [3.8, 4) is 5.75 Å². The number of methoxy groups -OCH3 is 1. The summed E-state index contributed by atoms with van der Waals surface area (Å²) in [6, 6.07) is 11.8. The maximum absolute atomic E-state index is 13.4. The number of hydrogen-bond acceptors (Lipinski definition) is 10. The van der Waals surface area contributed by atoms with E-state index in [-0.39, 0.29) is 25.5 Å². The highest BCUT2D eigenvalue weighted by Gasteiger charge is 2.22. The van der Waals surface area contributed by atoms with E-state index in [1.807, 2.05) is 0 Å². The maximum Gasteiger partial charge on any atom is 0.510 e. The van der Waals surface area contributed by atoms with Crippen molar-refractivity contribution in [2.75, 3.05) is 20.3 Å². The van der Waals surface area contributed by atoms with Gasteiger partial charge in [-0.15, -0.1) is 10.1 Å². The number of hydrogen-bond donors (Lipinski definition) is 0. The Morgan fingerprint density at radius 3 is 2.38 bits per heavy atom. The molecule has 1 aromatic heterocycles. The van der Waals surface area contributed by atoms with Gasteiger partial charge in [0, 0.05) is 21.7 Å². The van der Waals surface area contributed by atoms with Crippen LogP contribution in [0, 0.1) is 17.0 Å². The fourth-order valence-corrected chi connectivity index (χ4v) is 3.82. The van der Waals surface area contributed by atoms with Crippen LogP contribution in [-0.4, -0.2) is 54.3 Å². The summed E-state index contributed by atoms with van der Waals surface area (Å²) in [5.41, 5.74) is 2.23. The van der Waals surface area contributed by atoms with Crippen molar-refractivity contribution < 1.29 is 43.3 Å². The molecule has 1 unspecified atom stereocenters. The molecule has 0 radical (unpaired) electrons. The van der Waals surface area contributed by atoms with Crippen LogP contribution in [0.5, 0.6) is 5.75 Å². The molecule has 3 aromatic rings. The topological polar surface area (TPSA) is 145 Å². The van der Waals surface area contributed by atoms with Gasteiger partial charge in [0.25, 0.3) is 11.0 Å². The van der Waals surface area contributed by atoms with E-state index >= 15 is 0 Å². The molecule has 0 spiro atoms. The van der Waals surface area contributed by atoms with Crippen LogP contribution < -0.4 is 4.74 Å². The van der Waals surface area contributed by atoms with Gasteiger partial charge in [0.05, 0.1) is 19.0 Å². The molecule has 0 saturated heterocycles. The average Bonchev–Trinajstić information content (AvgIpc) is 3.15. The van der Waals surface area contributed by atoms with E-state index in [2.05, 4.69) is 9.57 Å². The number of carbonyl (C=O) groups is 3. The van der Waals surface area contributed by atoms with Gasteiger partial charge in [-0.1, -0.05) is 11.6 Å². The highest BCUT2D eigenvalue weighted by molar-refractivity contribution is 6.30. The maximum atomic E-state index is 13.4. The second-order valence-corrected chi connectivity index (χ2v) is 8.44. The molecule has 206 valence electrons. The second kappa shape index (κ2) is 13.3. The Hall–Kier alpha value is -4.58. The second-order valence-electron chi connectivity index (χ2n) is 8.00. The molecule has 2 aromatic carbocycles. The van der Waals surface area contributed by atoms with E-state index in [1.54, 1.807) is 49.4 Å². The first-order chi connectivity index (χ1) is 18.6. The molecule has 12 nitrogen and oxygen atoms in total. The number of rotatable bonds is 11. The lowest BCUT2D eigenvalue weighted by molar-refractivity contribution is -0.777. The molecule has 0 N–H and O–H groups in total. The molecule has 1 heterocycles. The molecule has 13 heteroatoms.